The van der Waals surface area contributed by atoms with Crippen LogP contribution in [0.15, 0.2) is 11.6 Å². The van der Waals surface area contributed by atoms with Crippen LogP contribution in [0, 0.1) is 11.8 Å². The van der Waals surface area contributed by atoms with Gasteiger partial charge in [0.15, 0.2) is 0 Å². The zero-order valence-electron chi connectivity index (χ0n) is 12.2. The lowest BCUT2D eigenvalue weighted by atomic mass is 9.81. The summed E-state index contributed by atoms with van der Waals surface area (Å²) in [6.07, 6.45) is 15.1. The van der Waals surface area contributed by atoms with E-state index in [1.807, 2.05) is 0 Å². The summed E-state index contributed by atoms with van der Waals surface area (Å²) in [6, 6.07) is 0.835. The van der Waals surface area contributed by atoms with Gasteiger partial charge in [0.05, 0.1) is 0 Å². The fourth-order valence-electron chi connectivity index (χ4n) is 3.55. The van der Waals surface area contributed by atoms with Crippen LogP contribution in [-0.2, 0) is 4.74 Å². The van der Waals surface area contributed by atoms with Gasteiger partial charge in [0.1, 0.15) is 0 Å². The number of nitrogens with one attached hydrogen (secondary N) is 1. The first-order valence-electron chi connectivity index (χ1n) is 8.43. The van der Waals surface area contributed by atoms with E-state index in [9.17, 15) is 0 Å². The van der Waals surface area contributed by atoms with Gasteiger partial charge in [-0.25, -0.2) is 0 Å². The van der Waals surface area contributed by atoms with Gasteiger partial charge >= 0.3 is 0 Å². The van der Waals surface area contributed by atoms with Crippen molar-refractivity contribution in [3.05, 3.63) is 11.6 Å². The third-order valence-corrected chi connectivity index (χ3v) is 5.02. The molecule has 0 unspecified atom stereocenters. The van der Waals surface area contributed by atoms with E-state index in [2.05, 4.69) is 11.4 Å². The predicted molar refractivity (Wildman–Crippen MR) is 79.2 cm³/mol. The first kappa shape index (κ1) is 13.6. The summed E-state index contributed by atoms with van der Waals surface area (Å²) in [4.78, 5) is 0. The Hall–Kier alpha value is -0.340. The average Bonchev–Trinajstić information content (AvgIpc) is 3.30. The van der Waals surface area contributed by atoms with Gasteiger partial charge < -0.3 is 10.1 Å². The first-order valence-corrected chi connectivity index (χ1v) is 8.43. The Morgan fingerprint density at radius 2 is 1.68 bits per heavy atom. The van der Waals surface area contributed by atoms with E-state index in [0.717, 1.165) is 37.6 Å². The summed E-state index contributed by atoms with van der Waals surface area (Å²) in [6.45, 7) is 3.09. The van der Waals surface area contributed by atoms with E-state index in [0.29, 0.717) is 0 Å². The maximum absolute atomic E-state index is 5.49. The van der Waals surface area contributed by atoms with Crippen LogP contribution < -0.4 is 5.32 Å². The van der Waals surface area contributed by atoms with Gasteiger partial charge in [-0.15, -0.1) is 0 Å². The molecule has 19 heavy (non-hydrogen) atoms. The monoisotopic (exact) mass is 263 g/mol. The number of rotatable bonds is 5. The minimum absolute atomic E-state index is 0.784. The highest BCUT2D eigenvalue weighted by Gasteiger charge is 2.24. The number of hydrogen-bond acceptors (Lipinski definition) is 2. The van der Waals surface area contributed by atoms with Gasteiger partial charge in [0.2, 0.25) is 0 Å². The topological polar surface area (TPSA) is 21.3 Å². The predicted octanol–water partition coefficient (Wildman–Crippen LogP) is 3.67. The van der Waals surface area contributed by atoms with Crippen molar-refractivity contribution >= 4 is 0 Å². The van der Waals surface area contributed by atoms with E-state index in [4.69, 9.17) is 4.74 Å². The second-order valence-corrected chi connectivity index (χ2v) is 6.68. The molecule has 0 aromatic carbocycles. The minimum atomic E-state index is 0.784. The van der Waals surface area contributed by atoms with Crippen molar-refractivity contribution in [1.82, 2.24) is 5.32 Å². The summed E-state index contributed by atoms with van der Waals surface area (Å²) in [5.41, 5.74) is 1.73. The van der Waals surface area contributed by atoms with Crippen molar-refractivity contribution in [2.24, 2.45) is 11.8 Å². The Labute approximate surface area is 118 Å². The Morgan fingerprint density at radius 1 is 0.947 bits per heavy atom. The van der Waals surface area contributed by atoms with Crippen LogP contribution in [0.3, 0.4) is 0 Å². The van der Waals surface area contributed by atoms with Crippen molar-refractivity contribution < 1.29 is 4.74 Å². The second kappa shape index (κ2) is 6.90. The van der Waals surface area contributed by atoms with Gasteiger partial charge in [-0.1, -0.05) is 30.9 Å². The molecule has 0 amide bonds. The normalized spacial score (nSPS) is 27.7. The summed E-state index contributed by atoms with van der Waals surface area (Å²) in [5, 5.41) is 3.74. The molecule has 2 nitrogen and oxygen atoms in total. The van der Waals surface area contributed by atoms with Gasteiger partial charge in [0, 0.05) is 25.8 Å². The average molecular weight is 263 g/mol. The first-order chi connectivity index (χ1) is 9.42. The standard InChI is InChI=1S/C17H29NO/c1-2-4-15(5-3-1)16(13-18-17-6-7-17)12-14-8-10-19-11-9-14/h12,14-15,17-18H,1-11,13H2. The van der Waals surface area contributed by atoms with Crippen LogP contribution >= 0.6 is 0 Å². The molecule has 1 heterocycles. The van der Waals surface area contributed by atoms with Crippen LogP contribution in [0.5, 0.6) is 0 Å². The summed E-state index contributed by atoms with van der Waals surface area (Å²) >= 11 is 0. The van der Waals surface area contributed by atoms with E-state index in [1.54, 1.807) is 5.57 Å². The smallest absolute Gasteiger partial charge is 0.0471 e. The fraction of sp³-hybridized carbons (Fsp3) is 0.882. The van der Waals surface area contributed by atoms with Crippen LogP contribution in [-0.4, -0.2) is 25.8 Å². The molecule has 2 heteroatoms. The van der Waals surface area contributed by atoms with Crippen LogP contribution in [0.2, 0.25) is 0 Å². The molecule has 0 aromatic rings. The zero-order valence-corrected chi connectivity index (χ0v) is 12.2. The van der Waals surface area contributed by atoms with Crippen molar-refractivity contribution in [3.8, 4) is 0 Å². The second-order valence-electron chi connectivity index (χ2n) is 6.68. The largest absolute Gasteiger partial charge is 0.381 e. The lowest BCUT2D eigenvalue weighted by Crippen LogP contribution is -2.25. The summed E-state index contributed by atoms with van der Waals surface area (Å²) in [7, 11) is 0. The molecule has 0 radical (unpaired) electrons. The SMILES string of the molecule is C(=C(CNC1CC1)C1CCCCC1)C1CCOCC1. The molecule has 1 N–H and O–H groups in total. The number of hydrogen-bond donors (Lipinski definition) is 1. The lowest BCUT2D eigenvalue weighted by molar-refractivity contribution is 0.0781. The molecule has 2 saturated carbocycles. The highest BCUT2D eigenvalue weighted by molar-refractivity contribution is 5.12. The van der Waals surface area contributed by atoms with E-state index in [1.165, 1.54) is 57.8 Å². The maximum Gasteiger partial charge on any atom is 0.0471 e. The van der Waals surface area contributed by atoms with Gasteiger partial charge in [-0.3, -0.25) is 0 Å². The molecule has 0 atom stereocenters. The van der Waals surface area contributed by atoms with Crippen molar-refractivity contribution in [2.45, 2.75) is 63.8 Å². The molecule has 2 aliphatic carbocycles. The molecule has 0 bridgehead atoms. The van der Waals surface area contributed by atoms with E-state index in [-0.39, 0.29) is 0 Å². The molecule has 1 aliphatic heterocycles. The zero-order chi connectivity index (χ0) is 12.9. The fourth-order valence-corrected chi connectivity index (χ4v) is 3.55. The molecule has 3 fully saturated rings. The number of ether oxygens (including phenoxy) is 1. The van der Waals surface area contributed by atoms with Gasteiger partial charge in [-0.2, -0.15) is 0 Å². The van der Waals surface area contributed by atoms with Crippen molar-refractivity contribution in [3.63, 3.8) is 0 Å². The highest BCUT2D eigenvalue weighted by atomic mass is 16.5. The molecule has 3 rings (SSSR count). The molecule has 3 aliphatic rings. The summed E-state index contributed by atoms with van der Waals surface area (Å²) < 4.78 is 5.49. The quantitative estimate of drug-likeness (QED) is 0.764. The molecule has 1 saturated heterocycles. The van der Waals surface area contributed by atoms with Crippen molar-refractivity contribution in [1.29, 1.82) is 0 Å². The van der Waals surface area contributed by atoms with Crippen molar-refractivity contribution in [2.75, 3.05) is 19.8 Å². The van der Waals surface area contributed by atoms with Crippen LogP contribution in [0.1, 0.15) is 57.8 Å². The molecule has 0 spiro atoms. The molecule has 108 valence electrons. The maximum atomic E-state index is 5.49. The Balaban J connectivity index is 1.60. The third-order valence-electron chi connectivity index (χ3n) is 5.02. The molecule has 0 aromatic heterocycles. The Bertz CT molecular complexity index is 296. The number of allylic oxidation sites excluding steroid dienone is 1. The minimum Gasteiger partial charge on any atom is -0.381 e. The third kappa shape index (κ3) is 4.32. The van der Waals surface area contributed by atoms with Gasteiger partial charge in [-0.05, 0) is 50.4 Å². The highest BCUT2D eigenvalue weighted by Crippen LogP contribution is 2.32. The summed E-state index contributed by atoms with van der Waals surface area (Å²) in [5.74, 6) is 1.66. The lowest BCUT2D eigenvalue weighted by Gasteiger charge is -2.27. The van der Waals surface area contributed by atoms with Crippen LogP contribution in [0.4, 0.5) is 0 Å². The Kier molecular flexibility index (Phi) is 4.95. The molecular formula is C17H29NO. The van der Waals surface area contributed by atoms with Gasteiger partial charge in [0.25, 0.3) is 0 Å². The van der Waals surface area contributed by atoms with E-state index >= 15 is 0 Å². The molecular weight excluding hydrogens is 234 g/mol. The Morgan fingerprint density at radius 3 is 2.37 bits per heavy atom. The van der Waals surface area contributed by atoms with Crippen LogP contribution in [0.25, 0.3) is 0 Å². The van der Waals surface area contributed by atoms with E-state index < -0.39 is 0 Å².